The molecule has 1 aliphatic rings. The lowest BCUT2D eigenvalue weighted by Gasteiger charge is -2.36. The summed E-state index contributed by atoms with van der Waals surface area (Å²) in [5.41, 5.74) is 1.95. The fourth-order valence-corrected chi connectivity index (χ4v) is 4.32. The Labute approximate surface area is 152 Å². The second-order valence-corrected chi connectivity index (χ2v) is 8.77. The van der Waals surface area contributed by atoms with Gasteiger partial charge in [-0.15, -0.1) is 0 Å². The molecule has 0 aliphatic carbocycles. The molecule has 1 aliphatic heterocycles. The van der Waals surface area contributed by atoms with E-state index in [0.29, 0.717) is 5.69 Å². The molecule has 25 heavy (non-hydrogen) atoms. The minimum absolute atomic E-state index is 0.0674. The third kappa shape index (κ3) is 5.97. The molecule has 142 valence electrons. The van der Waals surface area contributed by atoms with E-state index in [-0.39, 0.29) is 5.41 Å². The van der Waals surface area contributed by atoms with Crippen molar-refractivity contribution in [2.45, 2.75) is 44.9 Å². The maximum absolute atomic E-state index is 11.6. The average molecular weight is 369 g/mol. The van der Waals surface area contributed by atoms with Crippen LogP contribution in [0.25, 0.3) is 0 Å². The Bertz CT molecular complexity index is 648. The van der Waals surface area contributed by atoms with E-state index in [2.05, 4.69) is 22.6 Å². The van der Waals surface area contributed by atoms with Crippen LogP contribution in [-0.4, -0.2) is 52.4 Å². The molecule has 0 bridgehead atoms. The fraction of sp³-hybridized carbons (Fsp3) is 0.684. The molecule has 6 heteroatoms. The molecule has 1 atom stereocenters. The monoisotopic (exact) mass is 368 g/mol. The van der Waals surface area contributed by atoms with Gasteiger partial charge in [0.1, 0.15) is 0 Å². The normalized spacial score (nSPS) is 22.5. The third-order valence-electron chi connectivity index (χ3n) is 5.12. The van der Waals surface area contributed by atoms with Gasteiger partial charge in [-0.25, -0.2) is 8.42 Å². The van der Waals surface area contributed by atoms with Gasteiger partial charge in [-0.05, 0) is 50.4 Å². The largest absolute Gasteiger partial charge is 0.380 e. The number of benzene rings is 1. The molecule has 5 nitrogen and oxygen atoms in total. The van der Waals surface area contributed by atoms with Crippen LogP contribution < -0.4 is 4.72 Å². The molecule has 0 radical (unpaired) electrons. The molecule has 0 spiro atoms. The lowest BCUT2D eigenvalue weighted by molar-refractivity contribution is 0.105. The van der Waals surface area contributed by atoms with E-state index in [1.165, 1.54) is 24.7 Å². The average Bonchev–Trinajstić information content (AvgIpc) is 2.77. The molecular weight excluding hydrogens is 336 g/mol. The summed E-state index contributed by atoms with van der Waals surface area (Å²) in [6.45, 7) is 8.85. The van der Waals surface area contributed by atoms with Crippen LogP contribution in [0.5, 0.6) is 0 Å². The number of nitrogens with zero attached hydrogens (tertiary/aromatic N) is 1. The first kappa shape index (κ1) is 20.2. The molecule has 2 rings (SSSR count). The van der Waals surface area contributed by atoms with Crippen molar-refractivity contribution in [2.24, 2.45) is 0 Å². The van der Waals surface area contributed by atoms with Crippen LogP contribution in [0.2, 0.25) is 0 Å². The molecular formula is C19H32N2O3S. The van der Waals surface area contributed by atoms with E-state index in [4.69, 9.17) is 4.74 Å². The van der Waals surface area contributed by atoms with Gasteiger partial charge in [-0.3, -0.25) is 4.72 Å². The summed E-state index contributed by atoms with van der Waals surface area (Å²) >= 11 is 0. The van der Waals surface area contributed by atoms with Crippen molar-refractivity contribution in [2.75, 3.05) is 43.8 Å². The predicted octanol–water partition coefficient (Wildman–Crippen LogP) is 3.23. The second kappa shape index (κ2) is 9.01. The van der Waals surface area contributed by atoms with E-state index >= 15 is 0 Å². The quantitative estimate of drug-likeness (QED) is 0.716. The Morgan fingerprint density at radius 3 is 2.76 bits per heavy atom. The summed E-state index contributed by atoms with van der Waals surface area (Å²) in [7, 11) is -3.26. The van der Waals surface area contributed by atoms with Crippen molar-refractivity contribution in [1.29, 1.82) is 0 Å². The predicted molar refractivity (Wildman–Crippen MR) is 104 cm³/mol. The summed E-state index contributed by atoms with van der Waals surface area (Å²) in [5.74, 6) is 0. The third-order valence-corrected chi connectivity index (χ3v) is 5.72. The zero-order valence-electron chi connectivity index (χ0n) is 15.8. The van der Waals surface area contributed by atoms with Gasteiger partial charge in [0.15, 0.2) is 0 Å². The number of hydrogen-bond acceptors (Lipinski definition) is 4. The van der Waals surface area contributed by atoms with Gasteiger partial charge in [0.25, 0.3) is 0 Å². The van der Waals surface area contributed by atoms with E-state index in [9.17, 15) is 8.42 Å². The van der Waals surface area contributed by atoms with Crippen molar-refractivity contribution in [3.05, 3.63) is 29.8 Å². The fourth-order valence-electron chi connectivity index (χ4n) is 3.77. The molecule has 1 aromatic carbocycles. The van der Waals surface area contributed by atoms with Gasteiger partial charge in [0, 0.05) is 30.8 Å². The summed E-state index contributed by atoms with van der Waals surface area (Å²) in [6, 6.07) is 7.92. The van der Waals surface area contributed by atoms with Crippen LogP contribution >= 0.6 is 0 Å². The molecule has 0 saturated carbocycles. The molecule has 1 aromatic rings. The van der Waals surface area contributed by atoms with Gasteiger partial charge < -0.3 is 9.64 Å². The highest BCUT2D eigenvalue weighted by Crippen LogP contribution is 2.37. The van der Waals surface area contributed by atoms with Crippen LogP contribution in [0.3, 0.4) is 0 Å². The Morgan fingerprint density at radius 2 is 2.08 bits per heavy atom. The SMILES string of the molecule is CCOCCN1CCCCC(CC)(c2cccc(NS(C)(=O)=O)c2)C1. The van der Waals surface area contributed by atoms with Crippen LogP contribution in [0.1, 0.15) is 45.1 Å². The van der Waals surface area contributed by atoms with Gasteiger partial charge in [-0.2, -0.15) is 0 Å². The Kier molecular flexibility index (Phi) is 7.28. The first-order chi connectivity index (χ1) is 11.9. The van der Waals surface area contributed by atoms with Crippen LogP contribution in [0.15, 0.2) is 24.3 Å². The van der Waals surface area contributed by atoms with E-state index < -0.39 is 10.0 Å². The van der Waals surface area contributed by atoms with Crippen molar-refractivity contribution < 1.29 is 13.2 Å². The maximum atomic E-state index is 11.6. The summed E-state index contributed by atoms with van der Waals surface area (Å²) in [6.07, 6.45) is 5.77. The first-order valence-corrected chi connectivity index (χ1v) is 11.2. The minimum atomic E-state index is -3.26. The van der Waals surface area contributed by atoms with Gasteiger partial charge in [-0.1, -0.05) is 25.5 Å². The molecule has 1 unspecified atom stereocenters. The van der Waals surface area contributed by atoms with Crippen molar-refractivity contribution >= 4 is 15.7 Å². The van der Waals surface area contributed by atoms with Crippen molar-refractivity contribution in [3.8, 4) is 0 Å². The molecule has 0 amide bonds. The second-order valence-electron chi connectivity index (χ2n) is 7.02. The number of ether oxygens (including phenoxy) is 1. The molecule has 1 N–H and O–H groups in total. The Balaban J connectivity index is 2.23. The molecule has 1 heterocycles. The zero-order chi connectivity index (χ0) is 18.3. The van der Waals surface area contributed by atoms with Crippen molar-refractivity contribution in [1.82, 2.24) is 4.90 Å². The molecule has 1 saturated heterocycles. The topological polar surface area (TPSA) is 58.6 Å². The first-order valence-electron chi connectivity index (χ1n) is 9.27. The van der Waals surface area contributed by atoms with Gasteiger partial charge in [0.2, 0.25) is 10.0 Å². The highest BCUT2D eigenvalue weighted by molar-refractivity contribution is 7.92. The highest BCUT2D eigenvalue weighted by Gasteiger charge is 2.34. The van der Waals surface area contributed by atoms with Gasteiger partial charge in [0.05, 0.1) is 12.9 Å². The highest BCUT2D eigenvalue weighted by atomic mass is 32.2. The Hall–Kier alpha value is -1.11. The number of anilines is 1. The van der Waals surface area contributed by atoms with Crippen molar-refractivity contribution in [3.63, 3.8) is 0 Å². The van der Waals surface area contributed by atoms with Gasteiger partial charge >= 0.3 is 0 Å². The van der Waals surface area contributed by atoms with Crippen LogP contribution in [0, 0.1) is 0 Å². The van der Waals surface area contributed by atoms with E-state index in [1.54, 1.807) is 0 Å². The van der Waals surface area contributed by atoms with E-state index in [1.807, 2.05) is 25.1 Å². The molecule has 1 fully saturated rings. The number of nitrogens with one attached hydrogen (secondary N) is 1. The standard InChI is InChI=1S/C19H32N2O3S/c1-4-19(11-6-7-12-21(16-19)13-14-24-5-2)17-9-8-10-18(15-17)20-25(3,22)23/h8-10,15,20H,4-7,11-14,16H2,1-3H3. The van der Waals surface area contributed by atoms with Crippen LogP contribution in [-0.2, 0) is 20.2 Å². The number of likely N-dealkylation sites (tertiary alicyclic amines) is 1. The summed E-state index contributed by atoms with van der Waals surface area (Å²) in [5, 5.41) is 0. The number of rotatable bonds is 8. The lowest BCUT2D eigenvalue weighted by atomic mass is 9.74. The smallest absolute Gasteiger partial charge is 0.229 e. The lowest BCUT2D eigenvalue weighted by Crippen LogP contribution is -2.40. The number of sulfonamides is 1. The number of hydrogen-bond donors (Lipinski definition) is 1. The minimum Gasteiger partial charge on any atom is -0.380 e. The molecule has 0 aromatic heterocycles. The zero-order valence-corrected chi connectivity index (χ0v) is 16.6. The maximum Gasteiger partial charge on any atom is 0.229 e. The summed E-state index contributed by atoms with van der Waals surface area (Å²) in [4.78, 5) is 2.50. The van der Waals surface area contributed by atoms with Crippen LogP contribution in [0.4, 0.5) is 5.69 Å². The van der Waals surface area contributed by atoms with E-state index in [0.717, 1.165) is 45.7 Å². The summed E-state index contributed by atoms with van der Waals surface area (Å²) < 4.78 is 31.3. The Morgan fingerprint density at radius 1 is 1.28 bits per heavy atom.